The normalized spacial score (nSPS) is 18.5. The van der Waals surface area contributed by atoms with Crippen molar-refractivity contribution in [3.63, 3.8) is 0 Å². The van der Waals surface area contributed by atoms with E-state index < -0.39 is 11.8 Å². The average Bonchev–Trinajstić information content (AvgIpc) is 2.46. The van der Waals surface area contributed by atoms with E-state index in [0.717, 1.165) is 6.42 Å². The van der Waals surface area contributed by atoms with Crippen molar-refractivity contribution < 1.29 is 19.1 Å². The zero-order valence-electron chi connectivity index (χ0n) is 13.2. The number of piperidine rings is 1. The zero-order chi connectivity index (χ0) is 15.8. The first-order valence-electron chi connectivity index (χ1n) is 7.69. The van der Waals surface area contributed by atoms with Gasteiger partial charge in [0.05, 0.1) is 12.5 Å². The minimum absolute atomic E-state index is 0.273. The van der Waals surface area contributed by atoms with Crippen LogP contribution >= 0.6 is 0 Å². The number of rotatable bonds is 5. The summed E-state index contributed by atoms with van der Waals surface area (Å²) in [6.07, 6.45) is 2.26. The van der Waals surface area contributed by atoms with Crippen LogP contribution in [0.25, 0.3) is 0 Å². The first-order chi connectivity index (χ1) is 9.95. The topological polar surface area (TPSA) is 75.7 Å². The van der Waals surface area contributed by atoms with Crippen molar-refractivity contribution in [1.82, 2.24) is 10.2 Å². The van der Waals surface area contributed by atoms with E-state index in [0.29, 0.717) is 38.5 Å². The lowest BCUT2D eigenvalue weighted by Crippen LogP contribution is -2.49. The van der Waals surface area contributed by atoms with E-state index in [4.69, 9.17) is 4.74 Å². The second-order valence-corrected chi connectivity index (χ2v) is 5.78. The summed E-state index contributed by atoms with van der Waals surface area (Å²) in [4.78, 5) is 37.0. The highest BCUT2D eigenvalue weighted by Gasteiger charge is 2.31. The van der Waals surface area contributed by atoms with Gasteiger partial charge in [-0.15, -0.1) is 0 Å². The monoisotopic (exact) mass is 298 g/mol. The van der Waals surface area contributed by atoms with Crippen LogP contribution in [0.15, 0.2) is 0 Å². The van der Waals surface area contributed by atoms with Crippen LogP contribution in [0.4, 0.5) is 0 Å². The summed E-state index contributed by atoms with van der Waals surface area (Å²) in [6, 6.07) is 0. The molecule has 1 atom stereocenters. The van der Waals surface area contributed by atoms with Crippen LogP contribution in [-0.4, -0.2) is 48.9 Å². The van der Waals surface area contributed by atoms with E-state index in [9.17, 15) is 14.4 Å². The van der Waals surface area contributed by atoms with Crippen LogP contribution in [0.2, 0.25) is 0 Å². The second-order valence-electron chi connectivity index (χ2n) is 5.78. The Hall–Kier alpha value is -1.59. The summed E-state index contributed by atoms with van der Waals surface area (Å²) in [5.74, 6) is -1.25. The lowest BCUT2D eigenvalue weighted by molar-refractivity contribution is -0.154. The number of hydrogen-bond acceptors (Lipinski definition) is 4. The van der Waals surface area contributed by atoms with E-state index in [1.54, 1.807) is 6.92 Å². The third-order valence-electron chi connectivity index (χ3n) is 3.53. The van der Waals surface area contributed by atoms with Crippen LogP contribution in [0, 0.1) is 11.8 Å². The van der Waals surface area contributed by atoms with Gasteiger partial charge in [-0.3, -0.25) is 14.4 Å². The fourth-order valence-electron chi connectivity index (χ4n) is 2.31. The highest BCUT2D eigenvalue weighted by Crippen LogP contribution is 2.18. The molecule has 1 heterocycles. The Morgan fingerprint density at radius 3 is 2.67 bits per heavy atom. The van der Waals surface area contributed by atoms with Gasteiger partial charge < -0.3 is 15.0 Å². The molecule has 1 N–H and O–H groups in total. The predicted octanol–water partition coefficient (Wildman–Crippen LogP) is 0.950. The Bertz CT molecular complexity index is 382. The maximum Gasteiger partial charge on any atom is 0.311 e. The quantitative estimate of drug-likeness (QED) is 0.605. The van der Waals surface area contributed by atoms with Gasteiger partial charge in [0.1, 0.15) is 0 Å². The molecule has 0 radical (unpaired) electrons. The molecular formula is C15H26N2O4. The Morgan fingerprint density at radius 2 is 2.05 bits per heavy atom. The van der Waals surface area contributed by atoms with Gasteiger partial charge in [0.15, 0.2) is 0 Å². The maximum atomic E-state index is 12.1. The van der Waals surface area contributed by atoms with Gasteiger partial charge in [-0.1, -0.05) is 13.8 Å². The number of hydrogen-bond donors (Lipinski definition) is 1. The fourth-order valence-corrected chi connectivity index (χ4v) is 2.31. The van der Waals surface area contributed by atoms with Gasteiger partial charge >= 0.3 is 17.8 Å². The molecule has 1 fully saturated rings. The number of ether oxygens (including phenoxy) is 1. The van der Waals surface area contributed by atoms with Crippen LogP contribution in [0.1, 0.15) is 40.0 Å². The number of esters is 1. The van der Waals surface area contributed by atoms with Crippen molar-refractivity contribution in [3.05, 3.63) is 0 Å². The van der Waals surface area contributed by atoms with Gasteiger partial charge in [-0.2, -0.15) is 0 Å². The molecule has 0 spiro atoms. The molecule has 0 bridgehead atoms. The van der Waals surface area contributed by atoms with E-state index in [1.165, 1.54) is 4.90 Å². The molecule has 6 heteroatoms. The molecule has 6 nitrogen and oxygen atoms in total. The molecule has 1 saturated heterocycles. The summed E-state index contributed by atoms with van der Waals surface area (Å²) in [6.45, 7) is 7.49. The van der Waals surface area contributed by atoms with E-state index >= 15 is 0 Å². The molecule has 0 aromatic heterocycles. The van der Waals surface area contributed by atoms with Crippen molar-refractivity contribution in [2.75, 3.05) is 26.2 Å². The molecule has 0 saturated carbocycles. The summed E-state index contributed by atoms with van der Waals surface area (Å²) in [7, 11) is 0. The van der Waals surface area contributed by atoms with Crippen LogP contribution in [0.3, 0.4) is 0 Å². The molecule has 1 aliphatic rings. The van der Waals surface area contributed by atoms with Gasteiger partial charge in [0.2, 0.25) is 0 Å². The molecule has 120 valence electrons. The first kappa shape index (κ1) is 17.5. The van der Waals surface area contributed by atoms with Crippen LogP contribution < -0.4 is 5.32 Å². The van der Waals surface area contributed by atoms with Gasteiger partial charge in [0, 0.05) is 19.6 Å². The van der Waals surface area contributed by atoms with Gasteiger partial charge in [-0.05, 0) is 32.1 Å². The standard InChI is InChI=1S/C15H26N2O4/c1-4-21-15(20)12-6-5-9-17(10-12)14(19)13(18)16-8-7-11(2)3/h11-12H,4-10H2,1-3H3,(H,16,18). The molecule has 21 heavy (non-hydrogen) atoms. The Morgan fingerprint density at radius 1 is 1.33 bits per heavy atom. The van der Waals surface area contributed by atoms with Crippen molar-refractivity contribution in [1.29, 1.82) is 0 Å². The minimum atomic E-state index is -0.583. The SMILES string of the molecule is CCOC(=O)C1CCCN(C(=O)C(=O)NCCC(C)C)C1. The predicted molar refractivity (Wildman–Crippen MR) is 78.4 cm³/mol. The molecule has 1 aliphatic heterocycles. The van der Waals surface area contributed by atoms with E-state index in [-0.39, 0.29) is 18.4 Å². The van der Waals surface area contributed by atoms with Crippen LogP contribution in [-0.2, 0) is 19.1 Å². The Kier molecular flexibility index (Phi) is 7.19. The summed E-state index contributed by atoms with van der Waals surface area (Å²) in [5.41, 5.74) is 0. The molecule has 2 amide bonds. The van der Waals surface area contributed by atoms with Gasteiger partial charge in [-0.25, -0.2) is 0 Å². The largest absolute Gasteiger partial charge is 0.466 e. The molecule has 0 aromatic carbocycles. The number of amides is 2. The number of carbonyl (C=O) groups is 3. The summed E-state index contributed by atoms with van der Waals surface area (Å²) < 4.78 is 4.98. The van der Waals surface area contributed by atoms with Crippen molar-refractivity contribution in [3.8, 4) is 0 Å². The van der Waals surface area contributed by atoms with Crippen molar-refractivity contribution in [2.45, 2.75) is 40.0 Å². The molecule has 0 aliphatic carbocycles. The highest BCUT2D eigenvalue weighted by atomic mass is 16.5. The average molecular weight is 298 g/mol. The zero-order valence-corrected chi connectivity index (χ0v) is 13.2. The van der Waals surface area contributed by atoms with Crippen molar-refractivity contribution >= 4 is 17.8 Å². The van der Waals surface area contributed by atoms with Crippen LogP contribution in [0.5, 0.6) is 0 Å². The van der Waals surface area contributed by atoms with E-state index in [1.807, 2.05) is 0 Å². The molecule has 1 rings (SSSR count). The lowest BCUT2D eigenvalue weighted by atomic mass is 9.98. The molecule has 0 aromatic rings. The second kappa shape index (κ2) is 8.64. The Balaban J connectivity index is 2.45. The molecule has 1 unspecified atom stereocenters. The van der Waals surface area contributed by atoms with Crippen molar-refractivity contribution in [2.24, 2.45) is 11.8 Å². The minimum Gasteiger partial charge on any atom is -0.466 e. The third-order valence-corrected chi connectivity index (χ3v) is 3.53. The lowest BCUT2D eigenvalue weighted by Gasteiger charge is -2.31. The number of nitrogens with one attached hydrogen (secondary N) is 1. The fraction of sp³-hybridized carbons (Fsp3) is 0.800. The van der Waals surface area contributed by atoms with Gasteiger partial charge in [0.25, 0.3) is 0 Å². The smallest absolute Gasteiger partial charge is 0.311 e. The highest BCUT2D eigenvalue weighted by molar-refractivity contribution is 6.35. The third kappa shape index (κ3) is 5.73. The number of likely N-dealkylation sites (tertiary alicyclic amines) is 1. The maximum absolute atomic E-state index is 12.1. The first-order valence-corrected chi connectivity index (χ1v) is 7.69. The Labute approximate surface area is 126 Å². The number of carbonyl (C=O) groups excluding carboxylic acids is 3. The summed E-state index contributed by atoms with van der Waals surface area (Å²) in [5, 5.41) is 2.63. The molecular weight excluding hydrogens is 272 g/mol. The number of nitrogens with zero attached hydrogens (tertiary/aromatic N) is 1. The van der Waals surface area contributed by atoms with E-state index in [2.05, 4.69) is 19.2 Å². The summed E-state index contributed by atoms with van der Waals surface area (Å²) >= 11 is 0.